The number of nitrogens with zero attached hydrogens (tertiary/aromatic N) is 5. The summed E-state index contributed by atoms with van der Waals surface area (Å²) in [6.07, 6.45) is 9.49. The second-order valence-corrected chi connectivity index (χ2v) is 11.7. The van der Waals surface area contributed by atoms with Gasteiger partial charge in [-0.2, -0.15) is 15.0 Å². The van der Waals surface area contributed by atoms with E-state index in [1.165, 1.54) is 5.06 Å². The molecule has 1 aliphatic heterocycles. The normalized spacial score (nSPS) is 24.4. The van der Waals surface area contributed by atoms with Gasteiger partial charge in [-0.15, -0.1) is 0 Å². The number of hydroxylamine groups is 2. The van der Waals surface area contributed by atoms with Crippen molar-refractivity contribution in [2.45, 2.75) is 56.8 Å². The minimum Gasteiger partial charge on any atom is -0.369 e. The van der Waals surface area contributed by atoms with E-state index in [1.807, 2.05) is 47.1 Å². The Labute approximate surface area is 230 Å². The molecule has 1 unspecified atom stereocenters. The van der Waals surface area contributed by atoms with E-state index in [0.717, 1.165) is 18.4 Å². The molecule has 1 aromatic carbocycles. The molecule has 0 spiro atoms. The van der Waals surface area contributed by atoms with Gasteiger partial charge in [-0.3, -0.25) is 14.3 Å². The highest BCUT2D eigenvalue weighted by Gasteiger charge is 2.38. The Balaban J connectivity index is 1.02. The number of imidazole rings is 1. The molecule has 1 saturated carbocycles. The van der Waals surface area contributed by atoms with Crippen LogP contribution < -0.4 is 11.1 Å². The Kier molecular flexibility index (Phi) is 7.56. The van der Waals surface area contributed by atoms with E-state index in [4.69, 9.17) is 19.6 Å². The second-order valence-electron chi connectivity index (χ2n) is 10.4. The standard InChI is InChI=1S/C26H32N7O6P/c27-26-30-23(29-19-9-10-19)22-24(31-26)32(16-28-22)20-11-8-18(13-20)15-38-40(35,36)39-25(34)21-7-4-12-33(21)37-14-17-5-2-1-3-6-17/h1-3,5-6,8,11,16,18-21H,4,7,9-10,12-15H2,(H,35,36)(H3,27,29,30,31)/t18-,20+,21+/m1/s1. The number of nitrogens with one attached hydrogen (secondary N) is 1. The number of phosphoric acid groups is 1. The molecule has 6 rings (SSSR count). The number of carbonyl (C=O) groups excluding carboxylic acids is 1. The van der Waals surface area contributed by atoms with Crippen LogP contribution in [0.2, 0.25) is 0 Å². The highest BCUT2D eigenvalue weighted by Crippen LogP contribution is 2.46. The first-order valence-corrected chi connectivity index (χ1v) is 14.9. The molecule has 1 saturated heterocycles. The molecule has 212 valence electrons. The van der Waals surface area contributed by atoms with E-state index in [9.17, 15) is 14.3 Å². The van der Waals surface area contributed by atoms with Crippen LogP contribution in [0.4, 0.5) is 11.8 Å². The Bertz CT molecular complexity index is 1450. The molecule has 4 N–H and O–H groups in total. The van der Waals surface area contributed by atoms with Crippen molar-refractivity contribution in [1.82, 2.24) is 24.6 Å². The monoisotopic (exact) mass is 569 g/mol. The van der Waals surface area contributed by atoms with Crippen LogP contribution in [-0.2, 0) is 29.9 Å². The molecule has 14 heteroatoms. The number of hydrogen-bond donors (Lipinski definition) is 3. The van der Waals surface area contributed by atoms with E-state index in [2.05, 4.69) is 20.3 Å². The lowest BCUT2D eigenvalue weighted by atomic mass is 10.1. The summed E-state index contributed by atoms with van der Waals surface area (Å²) < 4.78 is 24.7. The van der Waals surface area contributed by atoms with Gasteiger partial charge in [-0.25, -0.2) is 14.3 Å². The number of nitrogens with two attached hydrogens (primary N) is 1. The second kappa shape index (κ2) is 11.3. The highest BCUT2D eigenvalue weighted by molar-refractivity contribution is 7.48. The summed E-state index contributed by atoms with van der Waals surface area (Å²) in [5.41, 5.74) is 8.17. The van der Waals surface area contributed by atoms with Crippen LogP contribution in [-0.4, -0.2) is 60.7 Å². The number of fused-ring (bicyclic) bond motifs is 1. The summed E-state index contributed by atoms with van der Waals surface area (Å²) in [5, 5.41) is 4.86. The van der Waals surface area contributed by atoms with Gasteiger partial charge in [-0.1, -0.05) is 42.5 Å². The van der Waals surface area contributed by atoms with Crippen LogP contribution in [0.15, 0.2) is 48.8 Å². The van der Waals surface area contributed by atoms with Gasteiger partial charge in [0.2, 0.25) is 5.95 Å². The molecule has 2 aromatic heterocycles. The van der Waals surface area contributed by atoms with E-state index >= 15 is 0 Å². The smallest absolute Gasteiger partial charge is 0.369 e. The molecule has 3 aliphatic rings. The van der Waals surface area contributed by atoms with E-state index in [1.54, 1.807) is 6.33 Å². The zero-order valence-corrected chi connectivity index (χ0v) is 22.7. The fourth-order valence-electron chi connectivity index (χ4n) is 5.03. The fourth-order valence-corrected chi connectivity index (χ4v) is 5.81. The molecular formula is C26H32N7O6P. The first-order chi connectivity index (χ1) is 19.3. The maximum atomic E-state index is 12.7. The Morgan fingerprint density at radius 1 is 1.18 bits per heavy atom. The SMILES string of the molecule is Nc1nc(NC2CC2)c2ncn([C@H]3C=C[C@@H](COP(=O)(O)OC(=O)[C@@H]4CCCN4OCc4ccccc4)C3)c2n1. The van der Waals surface area contributed by atoms with E-state index in [-0.39, 0.29) is 31.1 Å². The third kappa shape index (κ3) is 6.18. The molecule has 3 heterocycles. The van der Waals surface area contributed by atoms with Crippen molar-refractivity contribution in [3.63, 3.8) is 0 Å². The number of rotatable bonds is 11. The lowest BCUT2D eigenvalue weighted by Gasteiger charge is -2.23. The fraction of sp³-hybridized carbons (Fsp3) is 0.462. The van der Waals surface area contributed by atoms with Crippen molar-refractivity contribution in [2.24, 2.45) is 5.92 Å². The summed E-state index contributed by atoms with van der Waals surface area (Å²) >= 11 is 0. The van der Waals surface area contributed by atoms with Crippen molar-refractivity contribution in [3.8, 4) is 0 Å². The van der Waals surface area contributed by atoms with Crippen molar-refractivity contribution in [2.75, 3.05) is 24.2 Å². The number of aromatic nitrogens is 4. The van der Waals surface area contributed by atoms with Crippen LogP contribution in [0.3, 0.4) is 0 Å². The number of anilines is 2. The minimum absolute atomic E-state index is 0.0921. The molecule has 4 atom stereocenters. The Morgan fingerprint density at radius 2 is 2.00 bits per heavy atom. The first kappa shape index (κ1) is 26.9. The van der Waals surface area contributed by atoms with E-state index < -0.39 is 19.8 Å². The maximum absolute atomic E-state index is 12.7. The van der Waals surface area contributed by atoms with E-state index in [0.29, 0.717) is 48.8 Å². The van der Waals surface area contributed by atoms with Gasteiger partial charge >= 0.3 is 13.8 Å². The van der Waals surface area contributed by atoms with Gasteiger partial charge < -0.3 is 20.1 Å². The zero-order valence-electron chi connectivity index (χ0n) is 21.8. The summed E-state index contributed by atoms with van der Waals surface area (Å²) in [6, 6.07) is 9.07. The summed E-state index contributed by atoms with van der Waals surface area (Å²) in [4.78, 5) is 42.0. The third-order valence-corrected chi connectivity index (χ3v) is 8.12. The lowest BCUT2D eigenvalue weighted by Crippen LogP contribution is -2.37. The number of hydrogen-bond acceptors (Lipinski definition) is 11. The predicted molar refractivity (Wildman–Crippen MR) is 145 cm³/mol. The van der Waals surface area contributed by atoms with Crippen LogP contribution in [0.25, 0.3) is 11.2 Å². The summed E-state index contributed by atoms with van der Waals surface area (Å²) in [5.74, 6) is -0.232. The maximum Gasteiger partial charge on any atom is 0.529 e. The zero-order chi connectivity index (χ0) is 27.7. The number of allylic oxidation sites excluding steroid dienone is 1. The van der Waals surface area contributed by atoms with Gasteiger partial charge in [-0.05, 0) is 37.7 Å². The van der Waals surface area contributed by atoms with Gasteiger partial charge in [0.05, 0.1) is 25.6 Å². The Hall–Kier alpha value is -3.35. The molecule has 3 aromatic rings. The third-order valence-electron chi connectivity index (χ3n) is 7.24. The number of phosphoric ester groups is 1. The number of carbonyl (C=O) groups is 1. The van der Waals surface area contributed by atoms with Gasteiger partial charge in [0.15, 0.2) is 17.0 Å². The topological polar surface area (TPSA) is 167 Å². The molecule has 2 fully saturated rings. The number of benzene rings is 1. The largest absolute Gasteiger partial charge is 0.529 e. The van der Waals surface area contributed by atoms with Crippen molar-refractivity contribution >= 4 is 36.7 Å². The first-order valence-electron chi connectivity index (χ1n) is 13.4. The Morgan fingerprint density at radius 3 is 2.80 bits per heavy atom. The molecule has 0 amide bonds. The quantitative estimate of drug-likeness (QED) is 0.228. The summed E-state index contributed by atoms with van der Waals surface area (Å²) in [6.45, 7) is 0.719. The van der Waals surface area contributed by atoms with Gasteiger partial charge in [0, 0.05) is 18.5 Å². The van der Waals surface area contributed by atoms with Gasteiger partial charge in [0.25, 0.3) is 0 Å². The predicted octanol–water partition coefficient (Wildman–Crippen LogP) is 3.36. The van der Waals surface area contributed by atoms with Crippen LogP contribution in [0.1, 0.15) is 43.7 Å². The molecule has 2 aliphatic carbocycles. The van der Waals surface area contributed by atoms with Crippen LogP contribution in [0, 0.1) is 5.92 Å². The summed E-state index contributed by atoms with van der Waals surface area (Å²) in [7, 11) is -4.63. The molecule has 0 radical (unpaired) electrons. The molecule has 13 nitrogen and oxygen atoms in total. The molecular weight excluding hydrogens is 537 g/mol. The molecule has 40 heavy (non-hydrogen) atoms. The van der Waals surface area contributed by atoms with Crippen molar-refractivity contribution < 1.29 is 28.1 Å². The van der Waals surface area contributed by atoms with Crippen LogP contribution in [0.5, 0.6) is 0 Å². The number of nitrogen functional groups attached to an aromatic ring is 1. The average Bonchev–Trinajstić information content (AvgIpc) is 3.31. The molecule has 0 bridgehead atoms. The van der Waals surface area contributed by atoms with Crippen LogP contribution >= 0.6 is 7.82 Å². The lowest BCUT2D eigenvalue weighted by molar-refractivity contribution is -0.191. The van der Waals surface area contributed by atoms with Crippen molar-refractivity contribution in [3.05, 3.63) is 54.4 Å². The minimum atomic E-state index is -4.63. The van der Waals surface area contributed by atoms with Gasteiger partial charge in [0.1, 0.15) is 6.04 Å². The average molecular weight is 570 g/mol. The highest BCUT2D eigenvalue weighted by atomic mass is 31.2. The van der Waals surface area contributed by atoms with Crippen molar-refractivity contribution in [1.29, 1.82) is 0 Å².